The third-order valence-corrected chi connectivity index (χ3v) is 8.47. The quantitative estimate of drug-likeness (QED) is 0.103. The van der Waals surface area contributed by atoms with Gasteiger partial charge in [-0.2, -0.15) is 0 Å². The van der Waals surface area contributed by atoms with Gasteiger partial charge in [-0.1, -0.05) is 6.08 Å². The Labute approximate surface area is 250 Å². The Bertz CT molecular complexity index is 958. The van der Waals surface area contributed by atoms with E-state index >= 15 is 0 Å². The first-order chi connectivity index (χ1) is 20.7. The summed E-state index contributed by atoms with van der Waals surface area (Å²) in [7, 11) is 0. The fraction of sp³-hybridized carbons (Fsp3) is 0.920. The normalized spacial score (nSPS) is 52.0. The number of ether oxygens (including phenoxy) is 5. The van der Waals surface area contributed by atoms with Crippen molar-refractivity contribution in [2.75, 3.05) is 19.8 Å². The summed E-state index contributed by atoms with van der Waals surface area (Å²) >= 11 is 0. The molecule has 0 unspecified atom stereocenters. The van der Waals surface area contributed by atoms with Crippen molar-refractivity contribution in [1.82, 2.24) is 5.32 Å². The van der Waals surface area contributed by atoms with Crippen molar-refractivity contribution < 1.29 is 90.1 Å². The first-order valence-corrected chi connectivity index (χ1v) is 14.1. The monoisotopic (exact) mass is 645 g/mol. The Morgan fingerprint density at radius 3 is 1.86 bits per heavy atom. The van der Waals surface area contributed by atoms with E-state index in [4.69, 9.17) is 23.7 Å². The highest BCUT2D eigenvalue weighted by molar-refractivity contribution is 5.23. The molecule has 19 nitrogen and oxygen atoms in total. The minimum Gasteiger partial charge on any atom is -0.394 e. The van der Waals surface area contributed by atoms with Gasteiger partial charge in [-0.25, -0.2) is 0 Å². The summed E-state index contributed by atoms with van der Waals surface area (Å²) in [5.41, 5.74) is -0.0139. The first kappa shape index (κ1) is 35.8. The topological polar surface area (TPSA) is 321 Å². The zero-order valence-corrected chi connectivity index (χ0v) is 23.5. The van der Waals surface area contributed by atoms with E-state index in [2.05, 4.69) is 5.32 Å². The van der Waals surface area contributed by atoms with E-state index in [9.17, 15) is 66.4 Å². The van der Waals surface area contributed by atoms with E-state index in [1.165, 1.54) is 13.0 Å². The molecular formula is C25H43NO18. The van der Waals surface area contributed by atoms with Gasteiger partial charge >= 0.3 is 0 Å². The van der Waals surface area contributed by atoms with Crippen molar-refractivity contribution >= 4 is 0 Å². The lowest BCUT2D eigenvalue weighted by molar-refractivity contribution is -0.345. The fourth-order valence-corrected chi connectivity index (χ4v) is 5.80. The fourth-order valence-electron chi connectivity index (χ4n) is 5.80. The summed E-state index contributed by atoms with van der Waals surface area (Å²) in [5, 5.41) is 136. The summed E-state index contributed by atoms with van der Waals surface area (Å²) in [5.74, 6) is 0. The zero-order chi connectivity index (χ0) is 32.6. The van der Waals surface area contributed by atoms with Crippen LogP contribution in [0.25, 0.3) is 0 Å². The Balaban J connectivity index is 1.44. The summed E-state index contributed by atoms with van der Waals surface area (Å²) in [6, 6.07) is -2.31. The molecule has 19 atom stereocenters. The predicted octanol–water partition coefficient (Wildman–Crippen LogP) is -8.56. The number of hydrogen-bond donors (Lipinski definition) is 14. The van der Waals surface area contributed by atoms with E-state index in [0.717, 1.165) is 0 Å². The highest BCUT2D eigenvalue weighted by Crippen LogP contribution is 2.32. The van der Waals surface area contributed by atoms with Gasteiger partial charge in [0, 0.05) is 0 Å². The maximum Gasteiger partial charge on any atom is 0.187 e. The minimum atomic E-state index is -1.82. The van der Waals surface area contributed by atoms with Crippen LogP contribution >= 0.6 is 0 Å². The van der Waals surface area contributed by atoms with Crippen LogP contribution in [-0.4, -0.2) is 203 Å². The molecule has 44 heavy (non-hydrogen) atoms. The van der Waals surface area contributed by atoms with Gasteiger partial charge in [0.2, 0.25) is 0 Å². The van der Waals surface area contributed by atoms with Crippen molar-refractivity contribution in [2.45, 2.75) is 123 Å². The highest BCUT2D eigenvalue weighted by atomic mass is 16.7. The number of hydrogen-bond acceptors (Lipinski definition) is 19. The molecule has 3 saturated heterocycles. The van der Waals surface area contributed by atoms with Gasteiger partial charge in [0.15, 0.2) is 18.9 Å². The van der Waals surface area contributed by atoms with Crippen LogP contribution in [0.2, 0.25) is 0 Å². The van der Waals surface area contributed by atoms with Crippen molar-refractivity contribution in [2.24, 2.45) is 0 Å². The van der Waals surface area contributed by atoms with E-state index in [1.807, 2.05) is 0 Å². The van der Waals surface area contributed by atoms with Crippen molar-refractivity contribution in [1.29, 1.82) is 0 Å². The Kier molecular flexibility index (Phi) is 12.1. The molecule has 0 saturated carbocycles. The lowest BCUT2D eigenvalue weighted by Gasteiger charge is -2.47. The Hall–Kier alpha value is -1.02. The smallest absolute Gasteiger partial charge is 0.187 e. The van der Waals surface area contributed by atoms with Crippen molar-refractivity contribution in [3.63, 3.8) is 0 Å². The van der Waals surface area contributed by atoms with Crippen LogP contribution in [0.4, 0.5) is 0 Å². The van der Waals surface area contributed by atoms with Gasteiger partial charge < -0.3 is 95.4 Å². The molecule has 0 amide bonds. The molecule has 0 aromatic carbocycles. The second-order valence-corrected chi connectivity index (χ2v) is 11.4. The van der Waals surface area contributed by atoms with E-state index < -0.39 is 136 Å². The van der Waals surface area contributed by atoms with Gasteiger partial charge in [-0.05, 0) is 12.5 Å². The molecule has 3 fully saturated rings. The number of aliphatic hydroxyl groups is 13. The summed E-state index contributed by atoms with van der Waals surface area (Å²) in [6.45, 7) is -0.731. The lowest BCUT2D eigenvalue weighted by atomic mass is 9.86. The van der Waals surface area contributed by atoms with Crippen LogP contribution in [0.5, 0.6) is 0 Å². The van der Waals surface area contributed by atoms with Gasteiger partial charge in [0.1, 0.15) is 79.4 Å². The largest absolute Gasteiger partial charge is 0.394 e. The molecule has 0 aromatic rings. The second-order valence-electron chi connectivity index (χ2n) is 11.4. The maximum atomic E-state index is 10.9. The van der Waals surface area contributed by atoms with Gasteiger partial charge in [-0.15, -0.1) is 0 Å². The molecule has 19 heteroatoms. The maximum absolute atomic E-state index is 10.9. The third kappa shape index (κ3) is 6.96. The van der Waals surface area contributed by atoms with E-state index in [0.29, 0.717) is 0 Å². The average Bonchev–Trinajstić information content (AvgIpc) is 3.00. The molecular weight excluding hydrogens is 602 g/mol. The summed E-state index contributed by atoms with van der Waals surface area (Å²) in [4.78, 5) is 0. The predicted molar refractivity (Wildman–Crippen MR) is 138 cm³/mol. The van der Waals surface area contributed by atoms with E-state index in [1.54, 1.807) is 0 Å². The highest BCUT2D eigenvalue weighted by Gasteiger charge is 2.52. The lowest BCUT2D eigenvalue weighted by Crippen LogP contribution is -2.68. The summed E-state index contributed by atoms with van der Waals surface area (Å²) in [6.07, 6.45) is -26.2. The molecule has 0 bridgehead atoms. The molecule has 0 radical (unpaired) electrons. The molecule has 0 aromatic heterocycles. The van der Waals surface area contributed by atoms with Crippen LogP contribution in [-0.2, 0) is 23.7 Å². The first-order valence-electron chi connectivity index (χ1n) is 14.1. The molecule has 0 spiro atoms. The molecule has 3 heterocycles. The molecule has 256 valence electrons. The molecule has 14 N–H and O–H groups in total. The second kappa shape index (κ2) is 14.8. The van der Waals surface area contributed by atoms with Crippen LogP contribution in [0.3, 0.4) is 0 Å². The third-order valence-electron chi connectivity index (χ3n) is 8.47. The minimum absolute atomic E-state index is 0.0139. The van der Waals surface area contributed by atoms with Crippen LogP contribution in [0.15, 0.2) is 11.6 Å². The zero-order valence-electron chi connectivity index (χ0n) is 23.5. The SMILES string of the molecule is C[C@@H]1O[C@H](O[C@@H]2[C@@H](O)[C@H](O)[C@@H](O)O[C@H]2CO)[C@@H](O)[C@H](O)[C@H]1N[C@@H]1C=C(CO)[C@@H](O[C@@H]2O[C@H](CO)[C@H](O)[C@@H](O)[C@H]2O)[C@@H](O)[C@H]1O. The average molecular weight is 646 g/mol. The molecule has 4 aliphatic rings. The van der Waals surface area contributed by atoms with Crippen LogP contribution in [0, 0.1) is 0 Å². The van der Waals surface area contributed by atoms with Crippen LogP contribution in [0.1, 0.15) is 6.92 Å². The number of aliphatic hydroxyl groups excluding tert-OH is 13. The van der Waals surface area contributed by atoms with Crippen LogP contribution < -0.4 is 5.32 Å². The van der Waals surface area contributed by atoms with E-state index in [-0.39, 0.29) is 5.57 Å². The summed E-state index contributed by atoms with van der Waals surface area (Å²) < 4.78 is 27.1. The van der Waals surface area contributed by atoms with Crippen molar-refractivity contribution in [3.05, 3.63) is 11.6 Å². The number of nitrogens with one attached hydrogen (secondary N) is 1. The molecule has 1 aliphatic carbocycles. The molecule has 4 rings (SSSR count). The molecule has 3 aliphatic heterocycles. The standard InChI is InChI=1S/C25H43NO18/c1-6-11(14(32)19(37)24(40-6)44-22-10(5-29)41-23(39)18(36)17(22)35)26-8-2-7(3-27)21(16(34)12(8)30)43-25-20(38)15(33)13(31)9(4-28)42-25/h2,6,8-39H,3-5H2,1H3/t6-,8+,9+,10-,11-,12-,13-,14+,15+,16-,17-,18-,19-,20+,21+,22-,23-,24+,25-/m0/s1. The number of rotatable bonds is 9. The van der Waals surface area contributed by atoms with Crippen molar-refractivity contribution in [3.8, 4) is 0 Å². The van der Waals surface area contributed by atoms with Gasteiger partial charge in [-0.3, -0.25) is 0 Å². The van der Waals surface area contributed by atoms with Gasteiger partial charge in [0.05, 0.1) is 38.0 Å². The Morgan fingerprint density at radius 1 is 0.636 bits per heavy atom. The Morgan fingerprint density at radius 2 is 1.25 bits per heavy atom. The van der Waals surface area contributed by atoms with Gasteiger partial charge in [0.25, 0.3) is 0 Å².